The van der Waals surface area contributed by atoms with Crippen molar-refractivity contribution in [2.24, 2.45) is 0 Å². The van der Waals surface area contributed by atoms with Gasteiger partial charge in [0.1, 0.15) is 23.4 Å². The van der Waals surface area contributed by atoms with E-state index in [2.05, 4.69) is 0 Å². The van der Waals surface area contributed by atoms with E-state index in [1.807, 2.05) is 0 Å². The lowest BCUT2D eigenvalue weighted by Crippen LogP contribution is -2.04. The van der Waals surface area contributed by atoms with Crippen molar-refractivity contribution >= 4 is 15.9 Å². The van der Waals surface area contributed by atoms with E-state index < -0.39 is 9.84 Å². The van der Waals surface area contributed by atoms with Crippen LogP contribution in [0.3, 0.4) is 0 Å². The number of allylic oxidation sites excluding steroid dienone is 1. The van der Waals surface area contributed by atoms with Gasteiger partial charge in [0.25, 0.3) is 0 Å². The summed E-state index contributed by atoms with van der Waals surface area (Å²) in [5, 5.41) is 9.46. The van der Waals surface area contributed by atoms with Gasteiger partial charge in [-0.3, -0.25) is 0 Å². The number of hydrogen-bond acceptors (Lipinski definition) is 5. The molecule has 0 spiro atoms. The zero-order chi connectivity index (χ0) is 22.3. The minimum Gasteiger partial charge on any atom is -0.490 e. The molecule has 0 aliphatic heterocycles. The standard InChI is InChI=1S/C24H20FNO4S/c1-2-29-24-15-18(12-13-23(24)30-17-19-8-6-7-11-22(19)25)14-21(16-26)31(27,28)20-9-4-3-5-10-20/h3-15H,2,17H2,1H3. The highest BCUT2D eigenvalue weighted by molar-refractivity contribution is 7.95. The molecule has 0 N–H and O–H groups in total. The van der Waals surface area contributed by atoms with Crippen LogP contribution in [-0.4, -0.2) is 15.0 Å². The molecule has 0 atom stereocenters. The average Bonchev–Trinajstić information content (AvgIpc) is 2.78. The van der Waals surface area contributed by atoms with Gasteiger partial charge in [-0.2, -0.15) is 5.26 Å². The summed E-state index contributed by atoms with van der Waals surface area (Å²) in [7, 11) is -3.95. The van der Waals surface area contributed by atoms with Crippen molar-refractivity contribution in [2.45, 2.75) is 18.4 Å². The van der Waals surface area contributed by atoms with E-state index in [4.69, 9.17) is 9.47 Å². The molecule has 3 rings (SSSR count). The lowest BCUT2D eigenvalue weighted by atomic mass is 10.2. The molecule has 3 aromatic rings. The Hall–Kier alpha value is -3.63. The van der Waals surface area contributed by atoms with Gasteiger partial charge in [0.15, 0.2) is 11.5 Å². The summed E-state index contributed by atoms with van der Waals surface area (Å²) in [5.74, 6) is 0.374. The van der Waals surface area contributed by atoms with Gasteiger partial charge in [0.2, 0.25) is 9.84 Å². The zero-order valence-electron chi connectivity index (χ0n) is 16.8. The number of benzene rings is 3. The fraction of sp³-hybridized carbons (Fsp3) is 0.125. The van der Waals surface area contributed by atoms with Crippen molar-refractivity contribution in [3.8, 4) is 17.6 Å². The molecule has 0 bridgehead atoms. The van der Waals surface area contributed by atoms with Crippen LogP contribution in [0.5, 0.6) is 11.5 Å². The third-order valence-electron chi connectivity index (χ3n) is 4.36. The van der Waals surface area contributed by atoms with E-state index in [0.717, 1.165) is 0 Å². The van der Waals surface area contributed by atoms with Gasteiger partial charge in [0.05, 0.1) is 11.5 Å². The number of sulfone groups is 1. The molecule has 0 saturated carbocycles. The predicted molar refractivity (Wildman–Crippen MR) is 116 cm³/mol. The first kappa shape index (κ1) is 22.1. The van der Waals surface area contributed by atoms with Gasteiger partial charge in [-0.25, -0.2) is 12.8 Å². The molecule has 3 aromatic carbocycles. The van der Waals surface area contributed by atoms with Crippen molar-refractivity contribution in [3.63, 3.8) is 0 Å². The lowest BCUT2D eigenvalue weighted by Gasteiger charge is -2.13. The fourth-order valence-corrected chi connectivity index (χ4v) is 4.00. The summed E-state index contributed by atoms with van der Waals surface area (Å²) in [6.07, 6.45) is 1.28. The van der Waals surface area contributed by atoms with E-state index in [0.29, 0.717) is 29.2 Å². The van der Waals surface area contributed by atoms with Crippen LogP contribution in [0.15, 0.2) is 82.6 Å². The largest absolute Gasteiger partial charge is 0.490 e. The number of nitriles is 1. The molecule has 0 fully saturated rings. The monoisotopic (exact) mass is 437 g/mol. The van der Waals surface area contributed by atoms with Crippen LogP contribution in [0.1, 0.15) is 18.1 Å². The Balaban J connectivity index is 1.90. The van der Waals surface area contributed by atoms with E-state index in [1.54, 1.807) is 67.6 Å². The molecule has 0 aliphatic carbocycles. The molecule has 0 heterocycles. The summed E-state index contributed by atoms with van der Waals surface area (Å²) in [5.41, 5.74) is 0.854. The van der Waals surface area contributed by atoms with E-state index in [1.165, 1.54) is 24.3 Å². The normalized spacial score (nSPS) is 11.6. The maximum absolute atomic E-state index is 13.8. The van der Waals surface area contributed by atoms with Crippen LogP contribution in [0.25, 0.3) is 6.08 Å². The van der Waals surface area contributed by atoms with Crippen molar-refractivity contribution in [3.05, 3.63) is 94.6 Å². The van der Waals surface area contributed by atoms with Crippen molar-refractivity contribution in [2.75, 3.05) is 6.61 Å². The van der Waals surface area contributed by atoms with E-state index >= 15 is 0 Å². The van der Waals surface area contributed by atoms with Gasteiger partial charge >= 0.3 is 0 Å². The third kappa shape index (κ3) is 5.30. The Kier molecular flexibility index (Phi) is 7.06. The number of hydrogen-bond donors (Lipinski definition) is 0. The minimum atomic E-state index is -3.95. The number of nitrogens with zero attached hydrogens (tertiary/aromatic N) is 1. The first-order valence-electron chi connectivity index (χ1n) is 9.50. The average molecular weight is 437 g/mol. The highest BCUT2D eigenvalue weighted by atomic mass is 32.2. The highest BCUT2D eigenvalue weighted by Crippen LogP contribution is 2.31. The summed E-state index contributed by atoms with van der Waals surface area (Å²) in [6, 6.07) is 20.6. The van der Waals surface area contributed by atoms with Crippen LogP contribution in [0.4, 0.5) is 4.39 Å². The minimum absolute atomic E-state index is 0.00770. The molecule has 5 nitrogen and oxygen atoms in total. The van der Waals surface area contributed by atoms with Crippen molar-refractivity contribution in [1.82, 2.24) is 0 Å². The summed E-state index contributed by atoms with van der Waals surface area (Å²) in [4.78, 5) is -0.348. The molecule has 31 heavy (non-hydrogen) atoms. The van der Waals surface area contributed by atoms with Crippen molar-refractivity contribution in [1.29, 1.82) is 5.26 Å². The smallest absolute Gasteiger partial charge is 0.216 e. The Bertz CT molecular complexity index is 1230. The van der Waals surface area contributed by atoms with Crippen LogP contribution >= 0.6 is 0 Å². The Morgan fingerprint density at radius 3 is 2.39 bits per heavy atom. The van der Waals surface area contributed by atoms with Gasteiger partial charge in [-0.15, -0.1) is 0 Å². The predicted octanol–water partition coefficient (Wildman–Crippen LogP) is 5.14. The molecular weight excluding hydrogens is 417 g/mol. The third-order valence-corrected chi connectivity index (χ3v) is 6.04. The molecule has 0 aromatic heterocycles. The number of ether oxygens (including phenoxy) is 2. The van der Waals surface area contributed by atoms with Gasteiger partial charge in [0, 0.05) is 5.56 Å². The molecular formula is C24H20FNO4S. The van der Waals surface area contributed by atoms with Crippen LogP contribution in [-0.2, 0) is 16.4 Å². The maximum atomic E-state index is 13.8. The second kappa shape index (κ2) is 9.92. The second-order valence-electron chi connectivity index (χ2n) is 6.46. The first-order valence-corrected chi connectivity index (χ1v) is 11.0. The molecule has 7 heteroatoms. The molecule has 0 amide bonds. The SMILES string of the molecule is CCOc1cc(C=C(C#N)S(=O)(=O)c2ccccc2)ccc1OCc1ccccc1F. The highest BCUT2D eigenvalue weighted by Gasteiger charge is 2.20. The van der Waals surface area contributed by atoms with Crippen LogP contribution in [0.2, 0.25) is 0 Å². The summed E-state index contributed by atoms with van der Waals surface area (Å²) >= 11 is 0. The second-order valence-corrected chi connectivity index (χ2v) is 8.37. The molecule has 0 unspecified atom stereocenters. The van der Waals surface area contributed by atoms with Crippen molar-refractivity contribution < 1.29 is 22.3 Å². The molecule has 0 aliphatic rings. The Morgan fingerprint density at radius 1 is 1.00 bits per heavy atom. The number of halogens is 1. The molecule has 158 valence electrons. The van der Waals surface area contributed by atoms with Gasteiger partial charge < -0.3 is 9.47 Å². The fourth-order valence-electron chi connectivity index (χ4n) is 2.82. The quantitative estimate of drug-likeness (QED) is 0.456. The van der Waals surface area contributed by atoms with Gasteiger partial charge in [-0.05, 0) is 48.9 Å². The maximum Gasteiger partial charge on any atom is 0.216 e. The van der Waals surface area contributed by atoms with E-state index in [-0.39, 0.29) is 22.2 Å². The topological polar surface area (TPSA) is 76.4 Å². The summed E-state index contributed by atoms with van der Waals surface area (Å²) < 4.78 is 50.7. The summed E-state index contributed by atoms with van der Waals surface area (Å²) in [6.45, 7) is 2.15. The Labute approximate surface area is 180 Å². The molecule has 0 radical (unpaired) electrons. The zero-order valence-corrected chi connectivity index (χ0v) is 17.6. The Morgan fingerprint density at radius 2 is 1.71 bits per heavy atom. The van der Waals surface area contributed by atoms with Crippen LogP contribution in [0, 0.1) is 17.1 Å². The van der Waals surface area contributed by atoms with Crippen LogP contribution < -0.4 is 9.47 Å². The molecule has 0 saturated heterocycles. The lowest BCUT2D eigenvalue weighted by molar-refractivity contribution is 0.266. The van der Waals surface area contributed by atoms with Gasteiger partial charge in [-0.1, -0.05) is 42.5 Å². The van der Waals surface area contributed by atoms with E-state index in [9.17, 15) is 18.1 Å². The first-order chi connectivity index (χ1) is 15.0. The number of rotatable bonds is 8.